The molecule has 2 rings (SSSR count). The van der Waals surface area contributed by atoms with Crippen LogP contribution in [0.15, 0.2) is 60.5 Å². The molecule has 0 amide bonds. The zero-order chi connectivity index (χ0) is 9.97. The zero-order valence-corrected chi connectivity index (χ0v) is 7.77. The molecule has 0 saturated heterocycles. The van der Waals surface area contributed by atoms with E-state index in [9.17, 15) is 0 Å². The normalized spacial score (nSPS) is 19.1. The Bertz CT molecular complexity index is 453. The molecule has 0 bridgehead atoms. The minimum Gasteiger partial charge on any atom is -0.652 e. The van der Waals surface area contributed by atoms with Crippen LogP contribution in [0.2, 0.25) is 0 Å². The SMILES string of the molecule is C=C1C=CC(C2=CC=CC(=C)[N-]2)=[N+]=C1. The molecule has 0 fully saturated rings. The van der Waals surface area contributed by atoms with Gasteiger partial charge in [-0.25, -0.2) is 0 Å². The topological polar surface area (TPSA) is 28.2 Å². The first-order chi connectivity index (χ1) is 6.75. The monoisotopic (exact) mass is 182 g/mol. The van der Waals surface area contributed by atoms with Gasteiger partial charge in [0.15, 0.2) is 0 Å². The Labute approximate surface area is 83.1 Å². The number of rotatable bonds is 1. The van der Waals surface area contributed by atoms with Gasteiger partial charge in [-0.05, 0) is 11.8 Å². The summed E-state index contributed by atoms with van der Waals surface area (Å²) in [7, 11) is 0. The van der Waals surface area contributed by atoms with E-state index < -0.39 is 0 Å². The van der Waals surface area contributed by atoms with Crippen molar-refractivity contribution in [3.63, 3.8) is 0 Å². The summed E-state index contributed by atoms with van der Waals surface area (Å²) in [4.78, 5) is 0. The average molecular weight is 182 g/mol. The van der Waals surface area contributed by atoms with Crippen LogP contribution < -0.4 is 4.67 Å². The zero-order valence-electron chi connectivity index (χ0n) is 7.77. The molecule has 0 atom stereocenters. The molecule has 2 aliphatic rings. The molecule has 2 heteroatoms. The molecule has 2 heterocycles. The Morgan fingerprint density at radius 2 is 2.00 bits per heavy atom. The molecular weight excluding hydrogens is 172 g/mol. The molecule has 0 aromatic rings. The van der Waals surface area contributed by atoms with Crippen LogP contribution in [0.3, 0.4) is 0 Å². The number of hydrogen-bond donors (Lipinski definition) is 0. The van der Waals surface area contributed by atoms with Crippen LogP contribution in [0.5, 0.6) is 0 Å². The minimum absolute atomic E-state index is 0.753. The van der Waals surface area contributed by atoms with Crippen molar-refractivity contribution in [1.29, 1.82) is 0 Å². The molecule has 0 aliphatic carbocycles. The fourth-order valence-corrected chi connectivity index (χ4v) is 1.20. The lowest BCUT2D eigenvalue weighted by Crippen LogP contribution is -2.08. The maximum atomic E-state index is 4.28. The van der Waals surface area contributed by atoms with Crippen molar-refractivity contribution in [1.82, 2.24) is 4.67 Å². The van der Waals surface area contributed by atoms with E-state index >= 15 is 0 Å². The second-order valence-corrected chi connectivity index (χ2v) is 3.07. The molecule has 0 aromatic heterocycles. The predicted octanol–water partition coefficient (Wildman–Crippen LogP) is 2.03. The van der Waals surface area contributed by atoms with E-state index in [1.165, 1.54) is 0 Å². The van der Waals surface area contributed by atoms with Crippen molar-refractivity contribution in [2.24, 2.45) is 0 Å². The smallest absolute Gasteiger partial charge is 0.312 e. The lowest BCUT2D eigenvalue weighted by atomic mass is 10.1. The first-order valence-electron chi connectivity index (χ1n) is 4.33. The highest BCUT2D eigenvalue weighted by Crippen LogP contribution is 2.20. The van der Waals surface area contributed by atoms with Crippen molar-refractivity contribution in [2.75, 3.05) is 0 Å². The predicted molar refractivity (Wildman–Crippen MR) is 61.2 cm³/mol. The number of hydrogen-bond acceptors (Lipinski definition) is 0. The highest BCUT2D eigenvalue weighted by molar-refractivity contribution is 6.14. The van der Waals surface area contributed by atoms with Crippen LogP contribution >= 0.6 is 0 Å². The van der Waals surface area contributed by atoms with Gasteiger partial charge in [-0.3, -0.25) is 0 Å². The average Bonchev–Trinajstić information content (AvgIpc) is 2.19. The van der Waals surface area contributed by atoms with Gasteiger partial charge in [0, 0.05) is 11.6 Å². The summed E-state index contributed by atoms with van der Waals surface area (Å²) in [6, 6.07) is 0. The van der Waals surface area contributed by atoms with Gasteiger partial charge in [0.05, 0.1) is 0 Å². The Balaban J connectivity index is 2.34. The van der Waals surface area contributed by atoms with Gasteiger partial charge in [0.2, 0.25) is 0 Å². The van der Waals surface area contributed by atoms with E-state index in [0.717, 1.165) is 22.7 Å². The van der Waals surface area contributed by atoms with Gasteiger partial charge in [0.25, 0.3) is 6.21 Å². The lowest BCUT2D eigenvalue weighted by Gasteiger charge is -2.24. The quantitative estimate of drug-likeness (QED) is 0.555. The van der Waals surface area contributed by atoms with Crippen LogP contribution in [0.1, 0.15) is 0 Å². The molecule has 0 radical (unpaired) electrons. The van der Waals surface area contributed by atoms with Gasteiger partial charge in [-0.2, -0.15) is 0 Å². The summed E-state index contributed by atoms with van der Waals surface area (Å²) >= 11 is 0. The third-order valence-electron chi connectivity index (χ3n) is 1.89. The molecule has 68 valence electrons. The van der Waals surface area contributed by atoms with Crippen LogP contribution in [0.25, 0.3) is 5.32 Å². The molecule has 14 heavy (non-hydrogen) atoms. The van der Waals surface area contributed by atoms with Crippen molar-refractivity contribution in [2.45, 2.75) is 0 Å². The summed E-state index contributed by atoms with van der Waals surface area (Å²) in [6.45, 7) is 7.55. The van der Waals surface area contributed by atoms with Crippen LogP contribution in [0.4, 0.5) is 0 Å². The molecule has 2 aliphatic heterocycles. The third kappa shape index (κ3) is 1.65. The van der Waals surface area contributed by atoms with Crippen LogP contribution in [-0.2, 0) is 0 Å². The largest absolute Gasteiger partial charge is 0.652 e. The van der Waals surface area contributed by atoms with Crippen molar-refractivity contribution in [3.8, 4) is 0 Å². The van der Waals surface area contributed by atoms with Crippen LogP contribution in [0, 0.1) is 0 Å². The fourth-order valence-electron chi connectivity index (χ4n) is 1.20. The van der Waals surface area contributed by atoms with Gasteiger partial charge < -0.3 is 5.32 Å². The van der Waals surface area contributed by atoms with Gasteiger partial charge >= 0.3 is 5.71 Å². The fraction of sp³-hybridized carbons (Fsp3) is 0. The van der Waals surface area contributed by atoms with Crippen molar-refractivity contribution in [3.05, 3.63) is 65.8 Å². The highest BCUT2D eigenvalue weighted by Gasteiger charge is 2.09. The first kappa shape index (κ1) is 8.54. The minimum atomic E-state index is 0.753. The first-order valence-corrected chi connectivity index (χ1v) is 4.33. The van der Waals surface area contributed by atoms with Crippen molar-refractivity contribution >= 4 is 11.9 Å². The molecule has 0 unspecified atom stereocenters. The summed E-state index contributed by atoms with van der Waals surface area (Å²) in [6.07, 6.45) is 11.3. The molecule has 0 N–H and O–H groups in total. The van der Waals surface area contributed by atoms with E-state index in [1.54, 1.807) is 6.21 Å². The second-order valence-electron chi connectivity index (χ2n) is 3.07. The lowest BCUT2D eigenvalue weighted by molar-refractivity contribution is 1.48. The molecule has 0 aromatic carbocycles. The Morgan fingerprint density at radius 1 is 1.14 bits per heavy atom. The van der Waals surface area contributed by atoms with Gasteiger partial charge in [-0.15, -0.1) is 12.3 Å². The molecule has 0 spiro atoms. The summed E-state index contributed by atoms with van der Waals surface area (Å²) < 4.78 is 4.24. The summed E-state index contributed by atoms with van der Waals surface area (Å²) in [5, 5.41) is 4.28. The maximum Gasteiger partial charge on any atom is 0.312 e. The van der Waals surface area contributed by atoms with Gasteiger partial charge in [-0.1, -0.05) is 29.5 Å². The molecule has 2 nitrogen and oxygen atoms in total. The third-order valence-corrected chi connectivity index (χ3v) is 1.89. The second kappa shape index (κ2) is 3.36. The Hall–Kier alpha value is -2.05. The van der Waals surface area contributed by atoms with E-state index in [4.69, 9.17) is 0 Å². The van der Waals surface area contributed by atoms with Gasteiger partial charge in [0.1, 0.15) is 0 Å². The number of nitrogens with zero attached hydrogens (tertiary/aromatic N) is 2. The Morgan fingerprint density at radius 3 is 2.64 bits per heavy atom. The van der Waals surface area contributed by atoms with E-state index in [-0.39, 0.29) is 0 Å². The molecule has 0 saturated carbocycles. The van der Waals surface area contributed by atoms with E-state index in [2.05, 4.69) is 23.1 Å². The van der Waals surface area contributed by atoms with E-state index in [1.807, 2.05) is 30.4 Å². The van der Waals surface area contributed by atoms with E-state index in [0.29, 0.717) is 0 Å². The number of allylic oxidation sites excluding steroid dienone is 6. The standard InChI is InChI=1S/C12H10N2/c1-9-6-7-11(13-8-9)12-5-3-4-10(2)14-12/h3-8H,1-2H2. The van der Waals surface area contributed by atoms with Crippen LogP contribution in [-0.4, -0.2) is 11.9 Å². The highest BCUT2D eigenvalue weighted by atomic mass is 14.9. The maximum absolute atomic E-state index is 4.28. The molecular formula is C12H10N2. The van der Waals surface area contributed by atoms with Crippen molar-refractivity contribution < 1.29 is 0 Å². The summed E-state index contributed by atoms with van der Waals surface area (Å²) in [5.74, 6) is 0. The Kier molecular flexibility index (Phi) is 2.05. The summed E-state index contributed by atoms with van der Waals surface area (Å²) in [5.41, 5.74) is 3.35.